The fourth-order valence-corrected chi connectivity index (χ4v) is 6.94. The molecule has 1 atom stereocenters. The van der Waals surface area contributed by atoms with Gasteiger partial charge in [0.25, 0.3) is 10.0 Å². The van der Waals surface area contributed by atoms with Gasteiger partial charge >= 0.3 is 0 Å². The lowest BCUT2D eigenvalue weighted by Gasteiger charge is -2.29. The van der Waals surface area contributed by atoms with E-state index >= 15 is 0 Å². The van der Waals surface area contributed by atoms with Crippen LogP contribution in [0.3, 0.4) is 0 Å². The summed E-state index contributed by atoms with van der Waals surface area (Å²) in [5.41, 5.74) is 1.96. The molecular formula is C23H25N3O5S2. The SMILES string of the molecule is COc1ccc(C2C(C#N)=C(N3CCOCC3)SN2S(=O)(=O)c2ccc(C)cc2)cc1OC. The normalized spacial score (nSPS) is 19.5. The van der Waals surface area contributed by atoms with E-state index in [2.05, 4.69) is 6.07 Å². The number of nitrogens with zero attached hydrogens (tertiary/aromatic N) is 3. The standard InChI is InChI=1S/C23H25N3O5S2/c1-16-4-7-18(8-5-16)33(27,28)26-22(17-6-9-20(29-2)21(14-17)30-3)19(15-24)23(32-26)25-10-12-31-13-11-25/h4-9,14,22H,10-13H2,1-3H3. The molecule has 2 heterocycles. The molecule has 0 spiro atoms. The highest BCUT2D eigenvalue weighted by Gasteiger charge is 2.45. The van der Waals surface area contributed by atoms with Crippen LogP contribution in [0.5, 0.6) is 11.5 Å². The van der Waals surface area contributed by atoms with Crippen LogP contribution in [-0.2, 0) is 14.8 Å². The van der Waals surface area contributed by atoms with Crippen molar-refractivity contribution in [2.75, 3.05) is 40.5 Å². The van der Waals surface area contributed by atoms with Gasteiger partial charge < -0.3 is 19.1 Å². The fraction of sp³-hybridized carbons (Fsp3) is 0.348. The van der Waals surface area contributed by atoms with Gasteiger partial charge in [-0.3, -0.25) is 0 Å². The predicted octanol–water partition coefficient (Wildman–Crippen LogP) is 3.47. The lowest BCUT2D eigenvalue weighted by Crippen LogP contribution is -2.35. The summed E-state index contributed by atoms with van der Waals surface area (Å²) in [5, 5.41) is 10.8. The van der Waals surface area contributed by atoms with E-state index in [1.807, 2.05) is 11.8 Å². The van der Waals surface area contributed by atoms with Gasteiger partial charge in [0.05, 0.1) is 50.0 Å². The quantitative estimate of drug-likeness (QED) is 0.572. The molecule has 0 radical (unpaired) electrons. The molecule has 2 aromatic rings. The summed E-state index contributed by atoms with van der Waals surface area (Å²) in [6, 6.07) is 13.4. The van der Waals surface area contributed by atoms with Gasteiger partial charge in [-0.15, -0.1) is 3.71 Å². The maximum atomic E-state index is 13.8. The summed E-state index contributed by atoms with van der Waals surface area (Å²) in [5.74, 6) is 0.987. The monoisotopic (exact) mass is 487 g/mol. The number of rotatable bonds is 6. The second-order valence-electron chi connectivity index (χ2n) is 7.61. The third-order valence-corrected chi connectivity index (χ3v) is 9.00. The van der Waals surface area contributed by atoms with Crippen LogP contribution in [0.2, 0.25) is 0 Å². The van der Waals surface area contributed by atoms with E-state index in [9.17, 15) is 13.7 Å². The highest BCUT2D eigenvalue weighted by Crippen LogP contribution is 2.51. The molecule has 1 saturated heterocycles. The van der Waals surface area contributed by atoms with Crippen LogP contribution in [0.15, 0.2) is 58.0 Å². The Bertz CT molecular complexity index is 1200. The summed E-state index contributed by atoms with van der Waals surface area (Å²) >= 11 is 1.08. The van der Waals surface area contributed by atoms with Crippen molar-refractivity contribution >= 4 is 22.0 Å². The predicted molar refractivity (Wildman–Crippen MR) is 125 cm³/mol. The lowest BCUT2D eigenvalue weighted by molar-refractivity contribution is 0.0574. The number of hydrogen-bond donors (Lipinski definition) is 0. The zero-order valence-corrected chi connectivity index (χ0v) is 20.3. The molecule has 1 fully saturated rings. The van der Waals surface area contributed by atoms with Gasteiger partial charge in [-0.1, -0.05) is 23.8 Å². The molecule has 0 bridgehead atoms. The van der Waals surface area contributed by atoms with Crippen molar-refractivity contribution in [3.8, 4) is 17.6 Å². The Morgan fingerprint density at radius 3 is 2.33 bits per heavy atom. The van der Waals surface area contributed by atoms with E-state index < -0.39 is 16.1 Å². The Balaban J connectivity index is 1.85. The number of aryl methyl sites for hydroxylation is 1. The largest absolute Gasteiger partial charge is 0.493 e. The van der Waals surface area contributed by atoms with Gasteiger partial charge in [-0.2, -0.15) is 5.26 Å². The molecule has 8 nitrogen and oxygen atoms in total. The molecule has 0 aromatic heterocycles. The average Bonchev–Trinajstić information content (AvgIpc) is 3.25. The van der Waals surface area contributed by atoms with Crippen molar-refractivity contribution in [3.05, 3.63) is 64.2 Å². The molecule has 4 rings (SSSR count). The van der Waals surface area contributed by atoms with E-state index in [4.69, 9.17) is 14.2 Å². The highest BCUT2D eigenvalue weighted by atomic mass is 32.3. The zero-order valence-electron chi connectivity index (χ0n) is 18.6. The third-order valence-electron chi connectivity index (χ3n) is 5.59. The first-order chi connectivity index (χ1) is 15.9. The Labute approximate surface area is 198 Å². The van der Waals surface area contributed by atoms with Crippen molar-refractivity contribution in [1.82, 2.24) is 8.61 Å². The van der Waals surface area contributed by atoms with Crippen molar-refractivity contribution in [2.45, 2.75) is 17.9 Å². The highest BCUT2D eigenvalue weighted by molar-refractivity contribution is 8.11. The maximum Gasteiger partial charge on any atom is 0.253 e. The Hall–Kier alpha value is -2.71. The van der Waals surface area contributed by atoms with Crippen molar-refractivity contribution in [2.24, 2.45) is 0 Å². The summed E-state index contributed by atoms with van der Waals surface area (Å²) in [6.07, 6.45) is 0. The van der Waals surface area contributed by atoms with Crippen LogP contribution in [-0.4, -0.2) is 57.6 Å². The number of ether oxygens (including phenoxy) is 3. The summed E-state index contributed by atoms with van der Waals surface area (Å²) < 4.78 is 45.1. The van der Waals surface area contributed by atoms with Crippen LogP contribution < -0.4 is 9.47 Å². The van der Waals surface area contributed by atoms with Gasteiger partial charge in [0, 0.05) is 13.1 Å². The van der Waals surface area contributed by atoms with Crippen molar-refractivity contribution in [1.29, 1.82) is 5.26 Å². The topological polar surface area (TPSA) is 92.1 Å². The second kappa shape index (κ2) is 9.65. The number of sulfonamides is 1. The third kappa shape index (κ3) is 4.42. The Kier molecular flexibility index (Phi) is 6.86. The Morgan fingerprint density at radius 1 is 1.06 bits per heavy atom. The van der Waals surface area contributed by atoms with Crippen molar-refractivity contribution in [3.63, 3.8) is 0 Å². The van der Waals surface area contributed by atoms with E-state index in [1.54, 1.807) is 42.5 Å². The molecule has 10 heteroatoms. The molecule has 0 aliphatic carbocycles. The number of methoxy groups -OCH3 is 2. The first-order valence-electron chi connectivity index (χ1n) is 10.4. The molecule has 0 N–H and O–H groups in total. The summed E-state index contributed by atoms with van der Waals surface area (Å²) in [6.45, 7) is 4.12. The van der Waals surface area contributed by atoms with Crippen molar-refractivity contribution < 1.29 is 22.6 Å². The summed E-state index contributed by atoms with van der Waals surface area (Å²) in [7, 11) is -0.873. The lowest BCUT2D eigenvalue weighted by atomic mass is 10.0. The molecule has 33 heavy (non-hydrogen) atoms. The van der Waals surface area contributed by atoms with Crippen LogP contribution in [0.1, 0.15) is 17.2 Å². The van der Waals surface area contributed by atoms with Crippen LogP contribution in [0, 0.1) is 18.3 Å². The fourth-order valence-electron chi connectivity index (χ4n) is 3.83. The number of hydrogen-bond acceptors (Lipinski definition) is 8. The minimum absolute atomic E-state index is 0.173. The number of nitriles is 1. The molecule has 2 aliphatic rings. The Morgan fingerprint density at radius 2 is 1.73 bits per heavy atom. The van der Waals surface area contributed by atoms with Gasteiger partial charge in [0.1, 0.15) is 5.03 Å². The first-order valence-corrected chi connectivity index (χ1v) is 12.6. The average molecular weight is 488 g/mol. The smallest absolute Gasteiger partial charge is 0.253 e. The number of morpholine rings is 1. The first kappa shape index (κ1) is 23.4. The molecule has 2 aromatic carbocycles. The molecule has 2 aliphatic heterocycles. The maximum absolute atomic E-state index is 13.8. The van der Waals surface area contributed by atoms with E-state index in [0.29, 0.717) is 54.0 Å². The molecule has 1 unspecified atom stereocenters. The molecule has 0 amide bonds. The molecule has 0 saturated carbocycles. The van der Waals surface area contributed by atoms with E-state index in [0.717, 1.165) is 17.5 Å². The molecular weight excluding hydrogens is 462 g/mol. The molecule has 174 valence electrons. The summed E-state index contributed by atoms with van der Waals surface area (Å²) in [4.78, 5) is 2.19. The van der Waals surface area contributed by atoms with Gasteiger partial charge in [-0.05, 0) is 48.7 Å². The second-order valence-corrected chi connectivity index (χ2v) is 10.6. The minimum atomic E-state index is -3.93. The van der Waals surface area contributed by atoms with Gasteiger partial charge in [0.15, 0.2) is 11.5 Å². The van der Waals surface area contributed by atoms with Crippen LogP contribution in [0.4, 0.5) is 0 Å². The van der Waals surface area contributed by atoms with Gasteiger partial charge in [-0.25, -0.2) is 8.42 Å². The van der Waals surface area contributed by atoms with Crippen LogP contribution >= 0.6 is 11.9 Å². The van der Waals surface area contributed by atoms with Gasteiger partial charge in [0.2, 0.25) is 0 Å². The zero-order chi connectivity index (χ0) is 23.6. The van der Waals surface area contributed by atoms with E-state index in [1.165, 1.54) is 17.9 Å². The number of benzene rings is 2. The van der Waals surface area contributed by atoms with Crippen LogP contribution in [0.25, 0.3) is 0 Å². The van der Waals surface area contributed by atoms with E-state index in [-0.39, 0.29) is 4.90 Å². The minimum Gasteiger partial charge on any atom is -0.493 e.